The van der Waals surface area contributed by atoms with Crippen LogP contribution in [0, 0.1) is 17.8 Å². The lowest BCUT2D eigenvalue weighted by atomic mass is 9.88. The Kier molecular flexibility index (Phi) is 10.6. The SMILES string of the molecule is CC(C)CC(=O)[C@H](C)NC(=O)[C@@H](CC(=O)CCCCCN1C(=O)C=CC1=O)C(C)C. The van der Waals surface area contributed by atoms with Crippen LogP contribution in [0.15, 0.2) is 12.2 Å². The molecule has 0 fully saturated rings. The van der Waals surface area contributed by atoms with Crippen molar-refractivity contribution in [2.45, 2.75) is 79.2 Å². The van der Waals surface area contributed by atoms with Crippen LogP contribution in [0.3, 0.4) is 0 Å². The molecule has 1 aliphatic rings. The first-order chi connectivity index (χ1) is 14.0. The Morgan fingerprint density at radius 3 is 2.03 bits per heavy atom. The summed E-state index contributed by atoms with van der Waals surface area (Å²) in [5, 5.41) is 2.77. The van der Waals surface area contributed by atoms with Gasteiger partial charge in [0.05, 0.1) is 6.04 Å². The summed E-state index contributed by atoms with van der Waals surface area (Å²) < 4.78 is 0. The summed E-state index contributed by atoms with van der Waals surface area (Å²) in [6, 6.07) is -0.554. The maximum atomic E-state index is 12.6. The molecule has 0 radical (unpaired) electrons. The average molecular weight is 421 g/mol. The molecule has 0 saturated heterocycles. The molecule has 1 N–H and O–H groups in total. The normalized spacial score (nSPS) is 15.8. The van der Waals surface area contributed by atoms with Gasteiger partial charge in [0.15, 0.2) is 5.78 Å². The summed E-state index contributed by atoms with van der Waals surface area (Å²) in [5.41, 5.74) is 0. The van der Waals surface area contributed by atoms with Crippen molar-refractivity contribution in [3.8, 4) is 0 Å². The van der Waals surface area contributed by atoms with E-state index in [0.29, 0.717) is 32.2 Å². The Hall–Kier alpha value is -2.31. The van der Waals surface area contributed by atoms with Gasteiger partial charge in [-0.15, -0.1) is 0 Å². The summed E-state index contributed by atoms with van der Waals surface area (Å²) in [6.07, 6.45) is 5.48. The molecular weight excluding hydrogens is 384 g/mol. The highest BCUT2D eigenvalue weighted by molar-refractivity contribution is 6.12. The van der Waals surface area contributed by atoms with Crippen LogP contribution < -0.4 is 5.32 Å². The van der Waals surface area contributed by atoms with Crippen molar-refractivity contribution in [3.05, 3.63) is 12.2 Å². The lowest BCUT2D eigenvalue weighted by Crippen LogP contribution is -2.43. The minimum Gasteiger partial charge on any atom is -0.346 e. The van der Waals surface area contributed by atoms with Crippen LogP contribution in [-0.4, -0.2) is 46.8 Å². The number of ketones is 2. The average Bonchev–Trinajstić information content (AvgIpc) is 2.96. The highest BCUT2D eigenvalue weighted by atomic mass is 16.2. The molecule has 1 aliphatic heterocycles. The first kappa shape index (κ1) is 25.7. The van der Waals surface area contributed by atoms with Crippen LogP contribution in [-0.2, 0) is 24.0 Å². The largest absolute Gasteiger partial charge is 0.346 e. The highest BCUT2D eigenvalue weighted by Crippen LogP contribution is 2.19. The molecule has 0 aromatic rings. The Balaban J connectivity index is 2.38. The second kappa shape index (κ2) is 12.4. The van der Waals surface area contributed by atoms with Crippen molar-refractivity contribution in [2.24, 2.45) is 17.8 Å². The van der Waals surface area contributed by atoms with Crippen LogP contribution in [0.1, 0.15) is 73.1 Å². The zero-order valence-electron chi connectivity index (χ0n) is 18.9. The lowest BCUT2D eigenvalue weighted by Gasteiger charge is -2.22. The summed E-state index contributed by atoms with van der Waals surface area (Å²) in [5.74, 6) is -1.05. The summed E-state index contributed by atoms with van der Waals surface area (Å²) in [7, 11) is 0. The second-order valence-electron chi connectivity index (χ2n) is 8.86. The predicted octanol–water partition coefficient (Wildman–Crippen LogP) is 2.82. The van der Waals surface area contributed by atoms with Gasteiger partial charge in [0.25, 0.3) is 11.8 Å². The number of nitrogens with zero attached hydrogens (tertiary/aromatic N) is 1. The molecule has 2 atom stereocenters. The number of rotatable bonds is 14. The number of carbonyl (C=O) groups is 5. The maximum Gasteiger partial charge on any atom is 0.253 e. The zero-order valence-corrected chi connectivity index (χ0v) is 18.9. The van der Waals surface area contributed by atoms with E-state index in [1.165, 1.54) is 17.1 Å². The molecule has 0 aromatic heterocycles. The van der Waals surface area contributed by atoms with E-state index in [2.05, 4.69) is 5.32 Å². The summed E-state index contributed by atoms with van der Waals surface area (Å²) >= 11 is 0. The third-order valence-corrected chi connectivity index (χ3v) is 5.28. The van der Waals surface area contributed by atoms with Crippen molar-refractivity contribution in [1.82, 2.24) is 10.2 Å². The minimum absolute atomic E-state index is 0.00246. The highest BCUT2D eigenvalue weighted by Gasteiger charge is 2.27. The van der Waals surface area contributed by atoms with Gasteiger partial charge in [-0.2, -0.15) is 0 Å². The predicted molar refractivity (Wildman–Crippen MR) is 114 cm³/mol. The molecule has 30 heavy (non-hydrogen) atoms. The third kappa shape index (κ3) is 8.59. The van der Waals surface area contributed by atoms with Crippen LogP contribution in [0.4, 0.5) is 0 Å². The van der Waals surface area contributed by atoms with Gasteiger partial charge >= 0.3 is 0 Å². The van der Waals surface area contributed by atoms with Crippen molar-refractivity contribution in [2.75, 3.05) is 6.54 Å². The number of hydrogen-bond acceptors (Lipinski definition) is 5. The van der Waals surface area contributed by atoms with Gasteiger partial charge in [-0.1, -0.05) is 34.1 Å². The molecule has 1 rings (SSSR count). The number of imide groups is 1. The Labute approximate surface area is 179 Å². The molecule has 7 nitrogen and oxygen atoms in total. The maximum absolute atomic E-state index is 12.6. The van der Waals surface area contributed by atoms with Gasteiger partial charge in [-0.3, -0.25) is 28.9 Å². The third-order valence-electron chi connectivity index (χ3n) is 5.28. The number of Topliss-reactive ketones (excluding diaryl/α,β-unsaturated/α-hetero) is 2. The van der Waals surface area contributed by atoms with E-state index < -0.39 is 12.0 Å². The summed E-state index contributed by atoms with van der Waals surface area (Å²) in [6.45, 7) is 9.76. The van der Waals surface area contributed by atoms with Gasteiger partial charge in [0.1, 0.15) is 5.78 Å². The fourth-order valence-corrected chi connectivity index (χ4v) is 3.38. The van der Waals surface area contributed by atoms with Crippen molar-refractivity contribution in [1.29, 1.82) is 0 Å². The smallest absolute Gasteiger partial charge is 0.253 e. The molecule has 0 spiro atoms. The fourth-order valence-electron chi connectivity index (χ4n) is 3.38. The van der Waals surface area contributed by atoms with Gasteiger partial charge < -0.3 is 5.32 Å². The topological polar surface area (TPSA) is 101 Å². The van der Waals surface area contributed by atoms with Gasteiger partial charge in [0, 0.05) is 43.9 Å². The first-order valence-corrected chi connectivity index (χ1v) is 10.9. The lowest BCUT2D eigenvalue weighted by molar-refractivity contribution is -0.137. The van der Waals surface area contributed by atoms with Crippen LogP contribution in [0.25, 0.3) is 0 Å². The molecule has 0 saturated carbocycles. The van der Waals surface area contributed by atoms with Crippen LogP contribution in [0.2, 0.25) is 0 Å². The van der Waals surface area contributed by atoms with E-state index in [1.54, 1.807) is 6.92 Å². The van der Waals surface area contributed by atoms with Crippen molar-refractivity contribution in [3.63, 3.8) is 0 Å². The molecule has 0 bridgehead atoms. The van der Waals surface area contributed by atoms with Crippen molar-refractivity contribution >= 4 is 29.3 Å². The quantitative estimate of drug-likeness (QED) is 0.344. The van der Waals surface area contributed by atoms with Gasteiger partial charge in [-0.05, 0) is 31.6 Å². The zero-order chi connectivity index (χ0) is 22.8. The van der Waals surface area contributed by atoms with E-state index in [4.69, 9.17) is 0 Å². The Bertz CT molecular complexity index is 663. The number of hydrogen-bond donors (Lipinski definition) is 1. The Morgan fingerprint density at radius 1 is 0.900 bits per heavy atom. The number of carbonyl (C=O) groups excluding carboxylic acids is 5. The van der Waals surface area contributed by atoms with Crippen LogP contribution >= 0.6 is 0 Å². The van der Waals surface area contributed by atoms with E-state index >= 15 is 0 Å². The van der Waals surface area contributed by atoms with E-state index in [1.807, 2.05) is 27.7 Å². The minimum atomic E-state index is -0.554. The van der Waals surface area contributed by atoms with E-state index in [-0.39, 0.29) is 47.5 Å². The second-order valence-corrected chi connectivity index (χ2v) is 8.86. The molecule has 3 amide bonds. The van der Waals surface area contributed by atoms with E-state index in [0.717, 1.165) is 6.42 Å². The number of nitrogens with one attached hydrogen (secondary N) is 1. The molecule has 1 heterocycles. The van der Waals surface area contributed by atoms with Crippen LogP contribution in [0.5, 0.6) is 0 Å². The molecule has 0 unspecified atom stereocenters. The summed E-state index contributed by atoms with van der Waals surface area (Å²) in [4.78, 5) is 61.3. The van der Waals surface area contributed by atoms with E-state index in [9.17, 15) is 24.0 Å². The van der Waals surface area contributed by atoms with Gasteiger partial charge in [-0.25, -0.2) is 0 Å². The fraction of sp³-hybridized carbons (Fsp3) is 0.696. The monoisotopic (exact) mass is 420 g/mol. The first-order valence-electron chi connectivity index (χ1n) is 10.9. The molecule has 7 heteroatoms. The molecule has 0 aliphatic carbocycles. The Morgan fingerprint density at radius 2 is 1.50 bits per heavy atom. The molecule has 168 valence electrons. The van der Waals surface area contributed by atoms with Gasteiger partial charge in [0.2, 0.25) is 5.91 Å². The number of amides is 3. The van der Waals surface area contributed by atoms with Crippen molar-refractivity contribution < 1.29 is 24.0 Å². The molecule has 0 aromatic carbocycles. The molecular formula is C23H36N2O5. The number of unbranched alkanes of at least 4 members (excludes halogenated alkanes) is 2. The standard InChI is InChI=1S/C23H36N2O5/c1-15(2)13-20(27)17(5)24-23(30)19(16(3)4)14-18(26)9-7-6-8-12-25-21(28)10-11-22(25)29/h10-11,15-17,19H,6-9,12-14H2,1-5H3,(H,24,30)/t17-,19-/m0/s1.